The Balaban J connectivity index is 0.000000984. The van der Waals surface area contributed by atoms with Crippen molar-refractivity contribution in [2.75, 3.05) is 26.7 Å². The lowest BCUT2D eigenvalue weighted by Crippen LogP contribution is -2.63. The zero-order valence-corrected chi connectivity index (χ0v) is 27.4. The second-order valence-electron chi connectivity index (χ2n) is 11.7. The molecular formula is C32H41ClF4N4O6. The maximum atomic E-state index is 14.0. The standard InChI is InChI=1S/C30H40ClFN4O4.C2HF3O2/c1-5-7-24-19-35(26(27(37)33-4)18-21-8-6-9-22(31)16-21)14-15-36(24)28(38)25(34-29(39)30(2,3)40)17-20-10-12-23(32)13-11-20;3-2(4,5)1(6)7/h6,8-13,16,24-26,40H,5,7,14-15,17-19H2,1-4H3,(H,33,37)(H,34,39);(H,6,7). The summed E-state index contributed by atoms with van der Waals surface area (Å²) in [7, 11) is 1.61. The summed E-state index contributed by atoms with van der Waals surface area (Å²) < 4.78 is 45.2. The molecule has 3 amide bonds. The highest BCUT2D eigenvalue weighted by atomic mass is 35.5. The summed E-state index contributed by atoms with van der Waals surface area (Å²) >= 11 is 6.18. The lowest BCUT2D eigenvalue weighted by Gasteiger charge is -2.45. The maximum Gasteiger partial charge on any atom is 0.490 e. The van der Waals surface area contributed by atoms with E-state index < -0.39 is 41.6 Å². The largest absolute Gasteiger partial charge is 0.490 e. The number of piperazine rings is 1. The highest BCUT2D eigenvalue weighted by Gasteiger charge is 2.39. The molecule has 15 heteroatoms. The number of amides is 3. The average molecular weight is 689 g/mol. The summed E-state index contributed by atoms with van der Waals surface area (Å²) in [5.41, 5.74) is -0.0489. The Bertz CT molecular complexity index is 1370. The molecule has 0 bridgehead atoms. The Kier molecular flexibility index (Phi) is 14.6. The van der Waals surface area contributed by atoms with Gasteiger partial charge < -0.3 is 25.7 Å². The van der Waals surface area contributed by atoms with Crippen molar-refractivity contribution in [1.82, 2.24) is 20.4 Å². The van der Waals surface area contributed by atoms with Gasteiger partial charge in [-0.15, -0.1) is 0 Å². The summed E-state index contributed by atoms with van der Waals surface area (Å²) in [6.45, 7) is 6.08. The number of halogens is 5. The van der Waals surface area contributed by atoms with E-state index in [1.54, 1.807) is 30.1 Å². The number of benzene rings is 2. The van der Waals surface area contributed by atoms with E-state index in [2.05, 4.69) is 15.5 Å². The average Bonchev–Trinajstić information content (AvgIpc) is 2.99. The number of carbonyl (C=O) groups excluding carboxylic acids is 3. The molecule has 0 radical (unpaired) electrons. The molecule has 10 nitrogen and oxygen atoms in total. The molecule has 1 aliphatic rings. The summed E-state index contributed by atoms with van der Waals surface area (Å²) in [5, 5.41) is 23.5. The van der Waals surface area contributed by atoms with Gasteiger partial charge in [-0.1, -0.05) is 49.2 Å². The van der Waals surface area contributed by atoms with Gasteiger partial charge in [0.25, 0.3) is 5.91 Å². The molecule has 2 aromatic carbocycles. The summed E-state index contributed by atoms with van der Waals surface area (Å²) in [6.07, 6.45) is -2.93. The third-order valence-electron chi connectivity index (χ3n) is 7.48. The van der Waals surface area contributed by atoms with Crippen LogP contribution >= 0.6 is 11.6 Å². The highest BCUT2D eigenvalue weighted by Crippen LogP contribution is 2.22. The number of carboxylic acids is 1. The first-order valence-electron chi connectivity index (χ1n) is 15.0. The molecule has 47 heavy (non-hydrogen) atoms. The SMILES string of the molecule is CCCC1CN(C(Cc2cccc(Cl)c2)C(=O)NC)CCN1C(=O)C(Cc1ccc(F)cc1)NC(=O)C(C)(C)O.O=C(O)C(F)(F)F. The highest BCUT2D eigenvalue weighted by molar-refractivity contribution is 6.30. The molecule has 1 aliphatic heterocycles. The van der Waals surface area contributed by atoms with Gasteiger partial charge >= 0.3 is 12.1 Å². The van der Waals surface area contributed by atoms with Gasteiger partial charge in [0, 0.05) is 44.2 Å². The molecule has 3 rings (SSSR count). The van der Waals surface area contributed by atoms with Crippen LogP contribution in [0.5, 0.6) is 0 Å². The molecule has 0 saturated carbocycles. The number of alkyl halides is 3. The van der Waals surface area contributed by atoms with Gasteiger partial charge in [-0.05, 0) is 62.1 Å². The Morgan fingerprint density at radius 2 is 1.64 bits per heavy atom. The Morgan fingerprint density at radius 3 is 2.15 bits per heavy atom. The Morgan fingerprint density at radius 1 is 1.02 bits per heavy atom. The molecule has 3 unspecified atom stereocenters. The van der Waals surface area contributed by atoms with Gasteiger partial charge in [-0.3, -0.25) is 19.3 Å². The van der Waals surface area contributed by atoms with E-state index in [1.165, 1.54) is 26.0 Å². The van der Waals surface area contributed by atoms with Crippen LogP contribution in [0.4, 0.5) is 17.6 Å². The van der Waals surface area contributed by atoms with E-state index >= 15 is 0 Å². The fraction of sp³-hybridized carbons (Fsp3) is 0.500. The minimum Gasteiger partial charge on any atom is -0.475 e. The Hall–Kier alpha value is -3.75. The minimum atomic E-state index is -5.08. The minimum absolute atomic E-state index is 0.110. The number of carboxylic acid groups (broad SMARTS) is 1. The zero-order valence-electron chi connectivity index (χ0n) is 26.6. The van der Waals surface area contributed by atoms with Crippen molar-refractivity contribution in [2.24, 2.45) is 0 Å². The van der Waals surface area contributed by atoms with Crippen LogP contribution in [0, 0.1) is 5.82 Å². The number of hydrogen-bond donors (Lipinski definition) is 4. The summed E-state index contributed by atoms with van der Waals surface area (Å²) in [6, 6.07) is 11.7. The zero-order chi connectivity index (χ0) is 35.5. The van der Waals surface area contributed by atoms with Gasteiger partial charge in [0.2, 0.25) is 11.8 Å². The van der Waals surface area contributed by atoms with Crippen molar-refractivity contribution in [1.29, 1.82) is 0 Å². The number of nitrogens with zero attached hydrogens (tertiary/aromatic N) is 2. The summed E-state index contributed by atoms with van der Waals surface area (Å²) in [4.78, 5) is 52.4. The van der Waals surface area contributed by atoms with Crippen LogP contribution in [0.1, 0.15) is 44.7 Å². The van der Waals surface area contributed by atoms with Crippen LogP contribution < -0.4 is 10.6 Å². The number of carbonyl (C=O) groups is 4. The third kappa shape index (κ3) is 12.4. The molecule has 0 aromatic heterocycles. The van der Waals surface area contributed by atoms with E-state index in [9.17, 15) is 37.1 Å². The van der Waals surface area contributed by atoms with Crippen LogP contribution in [0.2, 0.25) is 5.02 Å². The van der Waals surface area contributed by atoms with Crippen LogP contribution in [0.3, 0.4) is 0 Å². The summed E-state index contributed by atoms with van der Waals surface area (Å²) in [5.74, 6) is -4.20. The van der Waals surface area contributed by atoms with Gasteiger partial charge in [-0.25, -0.2) is 9.18 Å². The molecule has 1 saturated heterocycles. The number of aliphatic hydroxyl groups is 1. The number of hydrogen-bond acceptors (Lipinski definition) is 6. The van der Waals surface area contributed by atoms with E-state index in [0.29, 0.717) is 43.1 Å². The normalized spacial score (nSPS) is 16.7. The van der Waals surface area contributed by atoms with Crippen molar-refractivity contribution in [2.45, 2.75) is 76.4 Å². The second kappa shape index (κ2) is 17.4. The van der Waals surface area contributed by atoms with Crippen molar-refractivity contribution in [3.63, 3.8) is 0 Å². The van der Waals surface area contributed by atoms with Crippen LogP contribution in [-0.2, 0) is 32.0 Å². The predicted octanol–water partition coefficient (Wildman–Crippen LogP) is 3.58. The fourth-order valence-electron chi connectivity index (χ4n) is 5.07. The topological polar surface area (TPSA) is 139 Å². The molecule has 0 spiro atoms. The number of likely N-dealkylation sites (N-methyl/N-ethyl adjacent to an activating group) is 1. The van der Waals surface area contributed by atoms with Crippen LogP contribution in [-0.4, -0.2) is 100 Å². The van der Waals surface area contributed by atoms with Gasteiger partial charge in [0.1, 0.15) is 17.5 Å². The number of rotatable bonds is 11. The van der Waals surface area contributed by atoms with Crippen LogP contribution in [0.15, 0.2) is 48.5 Å². The van der Waals surface area contributed by atoms with E-state index in [0.717, 1.165) is 12.0 Å². The molecular weight excluding hydrogens is 648 g/mol. The number of aliphatic carboxylic acids is 1. The van der Waals surface area contributed by atoms with Crippen molar-refractivity contribution >= 4 is 35.3 Å². The number of nitrogens with one attached hydrogen (secondary N) is 2. The van der Waals surface area contributed by atoms with Crippen LogP contribution in [0.25, 0.3) is 0 Å². The lowest BCUT2D eigenvalue weighted by atomic mass is 9.97. The first kappa shape index (κ1) is 39.4. The molecule has 3 atom stereocenters. The van der Waals surface area contributed by atoms with Gasteiger partial charge in [-0.2, -0.15) is 13.2 Å². The Labute approximate surface area is 276 Å². The molecule has 1 fully saturated rings. The quantitative estimate of drug-likeness (QED) is 0.265. The molecule has 0 aliphatic carbocycles. The lowest BCUT2D eigenvalue weighted by molar-refractivity contribution is -0.192. The van der Waals surface area contributed by atoms with E-state index in [-0.39, 0.29) is 24.3 Å². The third-order valence-corrected chi connectivity index (χ3v) is 7.72. The van der Waals surface area contributed by atoms with Crippen molar-refractivity contribution in [3.8, 4) is 0 Å². The van der Waals surface area contributed by atoms with Crippen molar-refractivity contribution in [3.05, 3.63) is 70.5 Å². The molecule has 2 aromatic rings. The fourth-order valence-corrected chi connectivity index (χ4v) is 5.28. The molecule has 260 valence electrons. The predicted molar refractivity (Wildman–Crippen MR) is 167 cm³/mol. The monoisotopic (exact) mass is 688 g/mol. The molecule has 4 N–H and O–H groups in total. The van der Waals surface area contributed by atoms with E-state index in [4.69, 9.17) is 21.5 Å². The smallest absolute Gasteiger partial charge is 0.475 e. The second-order valence-corrected chi connectivity index (χ2v) is 12.1. The first-order chi connectivity index (χ1) is 21.9. The van der Waals surface area contributed by atoms with Crippen molar-refractivity contribution < 1.29 is 47.0 Å². The maximum absolute atomic E-state index is 14.0. The molecule has 1 heterocycles. The van der Waals surface area contributed by atoms with Gasteiger partial charge in [0.05, 0.1) is 6.04 Å². The van der Waals surface area contributed by atoms with E-state index in [1.807, 2.05) is 25.1 Å². The first-order valence-corrected chi connectivity index (χ1v) is 15.3. The van der Waals surface area contributed by atoms with Gasteiger partial charge in [0.15, 0.2) is 0 Å².